The molecule has 3 N–H and O–H groups in total. The van der Waals surface area contributed by atoms with E-state index in [9.17, 15) is 0 Å². The zero-order chi connectivity index (χ0) is 13.8. The maximum atomic E-state index is 5.79. The molecule has 0 aliphatic heterocycles. The fraction of sp³-hybridized carbons (Fsp3) is 0.154. The molecule has 2 rings (SSSR count). The molecule has 0 fully saturated rings. The van der Waals surface area contributed by atoms with Crippen molar-refractivity contribution in [3.63, 3.8) is 0 Å². The monoisotopic (exact) mass is 385 g/mol. The summed E-state index contributed by atoms with van der Waals surface area (Å²) in [5, 5.41) is 3.21. The number of hydrogen-bond donors (Lipinski definition) is 2. The molecule has 4 nitrogen and oxygen atoms in total. The normalized spacial score (nSPS) is 10.3. The molecular formula is C13H13Br2N3O. The van der Waals surface area contributed by atoms with Crippen LogP contribution in [-0.2, 0) is 0 Å². The molecule has 19 heavy (non-hydrogen) atoms. The van der Waals surface area contributed by atoms with Crippen LogP contribution in [-0.4, -0.2) is 11.6 Å². The molecule has 0 unspecified atom stereocenters. The molecule has 2 aromatic rings. The number of nitrogens with zero attached hydrogens (tertiary/aromatic N) is 1. The minimum atomic E-state index is 0.445. The molecule has 0 saturated heterocycles. The van der Waals surface area contributed by atoms with E-state index < -0.39 is 0 Å². The van der Waals surface area contributed by atoms with Gasteiger partial charge in [0.1, 0.15) is 5.82 Å². The van der Waals surface area contributed by atoms with Crippen molar-refractivity contribution in [2.24, 2.45) is 0 Å². The molecule has 1 aromatic heterocycles. The molecule has 6 heteroatoms. The lowest BCUT2D eigenvalue weighted by molar-refractivity contribution is 0.329. The summed E-state index contributed by atoms with van der Waals surface area (Å²) in [6.45, 7) is 2.43. The van der Waals surface area contributed by atoms with Crippen LogP contribution in [0.1, 0.15) is 6.92 Å². The predicted molar refractivity (Wildman–Crippen MR) is 84.9 cm³/mol. The Morgan fingerprint density at radius 3 is 2.74 bits per heavy atom. The molecular weight excluding hydrogens is 374 g/mol. The topological polar surface area (TPSA) is 60.2 Å². The highest BCUT2D eigenvalue weighted by Gasteiger charge is 2.06. The average Bonchev–Trinajstić information content (AvgIpc) is 2.37. The first-order valence-electron chi connectivity index (χ1n) is 5.71. The first-order chi connectivity index (χ1) is 9.10. The quantitative estimate of drug-likeness (QED) is 0.820. The lowest BCUT2D eigenvalue weighted by Gasteiger charge is -2.11. The van der Waals surface area contributed by atoms with Gasteiger partial charge in [-0.1, -0.05) is 15.9 Å². The number of aromatic nitrogens is 1. The minimum Gasteiger partial charge on any atom is -0.476 e. The first kappa shape index (κ1) is 14.1. The largest absolute Gasteiger partial charge is 0.476 e. The zero-order valence-electron chi connectivity index (χ0n) is 10.3. The SMILES string of the molecule is CCOc1nc(Nc2ccc(Br)cc2Br)ccc1N. The van der Waals surface area contributed by atoms with E-state index in [0.29, 0.717) is 24.0 Å². The fourth-order valence-electron chi connectivity index (χ4n) is 1.50. The summed E-state index contributed by atoms with van der Waals surface area (Å²) in [5.74, 6) is 1.13. The Morgan fingerprint density at radius 2 is 2.05 bits per heavy atom. The second-order valence-corrected chi connectivity index (χ2v) is 5.54. The summed E-state index contributed by atoms with van der Waals surface area (Å²) in [7, 11) is 0. The molecule has 0 bridgehead atoms. The van der Waals surface area contributed by atoms with Crippen molar-refractivity contribution < 1.29 is 4.74 Å². The van der Waals surface area contributed by atoms with Gasteiger partial charge in [-0.25, -0.2) is 0 Å². The summed E-state index contributed by atoms with van der Waals surface area (Å²) in [5.41, 5.74) is 7.24. The number of nitrogen functional groups attached to an aromatic ring is 1. The third-order valence-corrected chi connectivity index (χ3v) is 3.51. The standard InChI is InChI=1S/C13H13Br2N3O/c1-2-19-13-10(16)4-6-12(18-13)17-11-5-3-8(14)7-9(11)15/h3-7H,2,16H2,1H3,(H,17,18). The van der Waals surface area contributed by atoms with Gasteiger partial charge in [-0.3, -0.25) is 0 Å². The Balaban J connectivity index is 2.25. The molecule has 0 spiro atoms. The molecule has 0 radical (unpaired) electrons. The van der Waals surface area contributed by atoms with E-state index in [0.717, 1.165) is 14.6 Å². The van der Waals surface area contributed by atoms with Crippen LogP contribution in [0.3, 0.4) is 0 Å². The van der Waals surface area contributed by atoms with E-state index in [-0.39, 0.29) is 0 Å². The summed E-state index contributed by atoms with van der Waals surface area (Å²) < 4.78 is 7.32. The van der Waals surface area contributed by atoms with Gasteiger partial charge in [-0.15, -0.1) is 0 Å². The molecule has 1 heterocycles. The third-order valence-electron chi connectivity index (χ3n) is 2.36. The van der Waals surface area contributed by atoms with Crippen LogP contribution in [0.4, 0.5) is 17.2 Å². The summed E-state index contributed by atoms with van der Waals surface area (Å²) in [6, 6.07) is 9.45. The Morgan fingerprint density at radius 1 is 1.26 bits per heavy atom. The highest BCUT2D eigenvalue weighted by Crippen LogP contribution is 2.29. The number of nitrogens with one attached hydrogen (secondary N) is 1. The predicted octanol–water partition coefficient (Wildman–Crippen LogP) is 4.33. The van der Waals surface area contributed by atoms with Crippen LogP contribution < -0.4 is 15.8 Å². The number of halogens is 2. The number of nitrogens with two attached hydrogens (primary N) is 1. The zero-order valence-corrected chi connectivity index (χ0v) is 13.5. The van der Waals surface area contributed by atoms with Gasteiger partial charge >= 0.3 is 0 Å². The van der Waals surface area contributed by atoms with E-state index in [2.05, 4.69) is 42.2 Å². The van der Waals surface area contributed by atoms with Gasteiger partial charge in [-0.05, 0) is 53.2 Å². The highest BCUT2D eigenvalue weighted by atomic mass is 79.9. The van der Waals surface area contributed by atoms with Crippen LogP contribution in [0, 0.1) is 0 Å². The van der Waals surface area contributed by atoms with E-state index >= 15 is 0 Å². The molecule has 0 aliphatic rings. The van der Waals surface area contributed by atoms with E-state index in [1.54, 1.807) is 6.07 Å². The van der Waals surface area contributed by atoms with Gasteiger partial charge < -0.3 is 15.8 Å². The van der Waals surface area contributed by atoms with Crippen LogP contribution in [0.2, 0.25) is 0 Å². The molecule has 1 aromatic carbocycles. The van der Waals surface area contributed by atoms with Gasteiger partial charge in [0.05, 0.1) is 18.0 Å². The van der Waals surface area contributed by atoms with E-state index in [1.165, 1.54) is 0 Å². The summed E-state index contributed by atoms with van der Waals surface area (Å²) in [6.07, 6.45) is 0. The minimum absolute atomic E-state index is 0.445. The number of pyridine rings is 1. The Kier molecular flexibility index (Phi) is 4.66. The number of ether oxygens (including phenoxy) is 1. The van der Waals surface area contributed by atoms with Crippen molar-refractivity contribution in [1.29, 1.82) is 0 Å². The molecule has 0 atom stereocenters. The van der Waals surface area contributed by atoms with Crippen molar-refractivity contribution in [1.82, 2.24) is 4.98 Å². The number of anilines is 3. The molecule has 0 saturated carbocycles. The van der Waals surface area contributed by atoms with Gasteiger partial charge in [0, 0.05) is 8.95 Å². The third kappa shape index (κ3) is 3.61. The van der Waals surface area contributed by atoms with Gasteiger partial charge in [0.15, 0.2) is 0 Å². The number of benzene rings is 1. The molecule has 100 valence electrons. The van der Waals surface area contributed by atoms with Crippen molar-refractivity contribution in [3.8, 4) is 5.88 Å². The Bertz CT molecular complexity index is 590. The van der Waals surface area contributed by atoms with Crippen molar-refractivity contribution >= 4 is 49.1 Å². The van der Waals surface area contributed by atoms with Crippen molar-refractivity contribution in [2.45, 2.75) is 6.92 Å². The second-order valence-electron chi connectivity index (χ2n) is 3.77. The summed E-state index contributed by atoms with van der Waals surface area (Å²) in [4.78, 5) is 4.33. The van der Waals surface area contributed by atoms with Crippen LogP contribution in [0.15, 0.2) is 39.3 Å². The van der Waals surface area contributed by atoms with Gasteiger partial charge in [-0.2, -0.15) is 4.98 Å². The maximum absolute atomic E-state index is 5.79. The lowest BCUT2D eigenvalue weighted by Crippen LogP contribution is -2.02. The van der Waals surface area contributed by atoms with E-state index in [4.69, 9.17) is 10.5 Å². The second kappa shape index (κ2) is 6.25. The smallest absolute Gasteiger partial charge is 0.239 e. The number of hydrogen-bond acceptors (Lipinski definition) is 4. The van der Waals surface area contributed by atoms with E-state index in [1.807, 2.05) is 31.2 Å². The van der Waals surface area contributed by atoms with Crippen molar-refractivity contribution in [2.75, 3.05) is 17.7 Å². The first-order valence-corrected chi connectivity index (χ1v) is 7.30. The van der Waals surface area contributed by atoms with Crippen LogP contribution in [0.25, 0.3) is 0 Å². The van der Waals surface area contributed by atoms with Gasteiger partial charge in [0.25, 0.3) is 0 Å². The highest BCUT2D eigenvalue weighted by molar-refractivity contribution is 9.11. The van der Waals surface area contributed by atoms with Crippen LogP contribution >= 0.6 is 31.9 Å². The van der Waals surface area contributed by atoms with Gasteiger partial charge in [0.2, 0.25) is 5.88 Å². The Labute approximate surface area is 128 Å². The maximum Gasteiger partial charge on any atom is 0.239 e. The van der Waals surface area contributed by atoms with Crippen molar-refractivity contribution in [3.05, 3.63) is 39.3 Å². The number of rotatable bonds is 4. The van der Waals surface area contributed by atoms with Crippen LogP contribution in [0.5, 0.6) is 5.88 Å². The fourth-order valence-corrected chi connectivity index (χ4v) is 2.65. The Hall–Kier alpha value is -1.27. The lowest BCUT2D eigenvalue weighted by atomic mass is 10.3. The summed E-state index contributed by atoms with van der Waals surface area (Å²) >= 11 is 6.91. The molecule has 0 amide bonds. The molecule has 0 aliphatic carbocycles. The average molecular weight is 387 g/mol.